The third kappa shape index (κ3) is 3.69. The van der Waals surface area contributed by atoms with Crippen LogP contribution in [0, 0.1) is 0 Å². The van der Waals surface area contributed by atoms with Crippen LogP contribution in [0.4, 0.5) is 5.69 Å². The van der Waals surface area contributed by atoms with Crippen LogP contribution in [0.15, 0.2) is 80.4 Å². The molecule has 0 aliphatic carbocycles. The van der Waals surface area contributed by atoms with E-state index in [-0.39, 0.29) is 22.5 Å². The maximum Gasteiger partial charge on any atom is 0.295 e. The molecule has 0 N–H and O–H groups in total. The summed E-state index contributed by atoms with van der Waals surface area (Å²) >= 11 is 9.68. The van der Waals surface area contributed by atoms with Crippen molar-refractivity contribution in [3.05, 3.63) is 109 Å². The molecule has 33 heavy (non-hydrogen) atoms. The van der Waals surface area contributed by atoms with E-state index in [2.05, 4.69) is 36.7 Å². The third-order valence-electron chi connectivity index (χ3n) is 6.01. The van der Waals surface area contributed by atoms with Gasteiger partial charge in [0.25, 0.3) is 5.91 Å². The zero-order chi connectivity index (χ0) is 23.5. The van der Waals surface area contributed by atoms with E-state index in [9.17, 15) is 9.59 Å². The summed E-state index contributed by atoms with van der Waals surface area (Å²) in [4.78, 5) is 28.9. The van der Waals surface area contributed by atoms with Crippen LogP contribution in [0.5, 0.6) is 0 Å². The monoisotopic (exact) mass is 521 g/mol. The summed E-state index contributed by atoms with van der Waals surface area (Å²) in [5.41, 5.74) is 3.09. The van der Waals surface area contributed by atoms with Crippen molar-refractivity contribution in [3.63, 3.8) is 0 Å². The molecule has 1 atom stereocenters. The first kappa shape index (κ1) is 21.9. The highest BCUT2D eigenvalue weighted by molar-refractivity contribution is 9.10. The number of halogens is 2. The molecule has 2 heterocycles. The lowest BCUT2D eigenvalue weighted by Crippen LogP contribution is -2.29. The van der Waals surface area contributed by atoms with Crippen LogP contribution in [-0.2, 0) is 5.41 Å². The van der Waals surface area contributed by atoms with Gasteiger partial charge < -0.3 is 4.42 Å². The molecule has 0 bridgehead atoms. The van der Waals surface area contributed by atoms with E-state index in [1.54, 1.807) is 41.3 Å². The van der Waals surface area contributed by atoms with Crippen molar-refractivity contribution in [2.45, 2.75) is 32.2 Å². The van der Waals surface area contributed by atoms with Crippen LogP contribution in [0.1, 0.15) is 54.1 Å². The summed E-state index contributed by atoms with van der Waals surface area (Å²) in [5, 5.41) is 0.937. The van der Waals surface area contributed by atoms with Crippen LogP contribution in [-0.4, -0.2) is 5.91 Å². The van der Waals surface area contributed by atoms with Crippen molar-refractivity contribution in [1.82, 2.24) is 0 Å². The number of benzene rings is 3. The van der Waals surface area contributed by atoms with Crippen LogP contribution in [0.2, 0.25) is 5.02 Å². The normalized spacial score (nSPS) is 15.8. The average molecular weight is 523 g/mol. The molecule has 4 aromatic rings. The van der Waals surface area contributed by atoms with Gasteiger partial charge in [-0.25, -0.2) is 0 Å². The van der Waals surface area contributed by atoms with Gasteiger partial charge >= 0.3 is 0 Å². The second-order valence-electron chi connectivity index (χ2n) is 9.24. The van der Waals surface area contributed by atoms with Crippen molar-refractivity contribution in [2.75, 3.05) is 4.90 Å². The second kappa shape index (κ2) is 7.86. The van der Waals surface area contributed by atoms with Gasteiger partial charge in [-0.1, -0.05) is 78.6 Å². The maximum absolute atomic E-state index is 13.7. The smallest absolute Gasteiger partial charge is 0.295 e. The minimum Gasteiger partial charge on any atom is -0.450 e. The number of amides is 1. The van der Waals surface area contributed by atoms with Gasteiger partial charge in [-0.3, -0.25) is 14.5 Å². The van der Waals surface area contributed by atoms with E-state index in [0.717, 1.165) is 10.0 Å². The Labute approximate surface area is 204 Å². The second-order valence-corrected chi connectivity index (χ2v) is 10.6. The molecule has 3 aromatic carbocycles. The Morgan fingerprint density at radius 1 is 0.970 bits per heavy atom. The molecule has 0 saturated heterocycles. The van der Waals surface area contributed by atoms with Crippen molar-refractivity contribution in [3.8, 4) is 0 Å². The largest absolute Gasteiger partial charge is 0.450 e. The highest BCUT2D eigenvalue weighted by Crippen LogP contribution is 2.42. The molecule has 1 aromatic heterocycles. The highest BCUT2D eigenvalue weighted by Gasteiger charge is 2.43. The quantitative estimate of drug-likeness (QED) is 0.278. The van der Waals surface area contributed by atoms with Crippen molar-refractivity contribution < 1.29 is 9.21 Å². The Kier molecular flexibility index (Phi) is 5.22. The Morgan fingerprint density at radius 2 is 1.70 bits per heavy atom. The van der Waals surface area contributed by atoms with Gasteiger partial charge in [0.15, 0.2) is 5.43 Å². The molecular weight excluding hydrogens is 502 g/mol. The average Bonchev–Trinajstić information content (AvgIpc) is 3.06. The van der Waals surface area contributed by atoms with Crippen LogP contribution < -0.4 is 10.3 Å². The zero-order valence-corrected chi connectivity index (χ0v) is 20.7. The van der Waals surface area contributed by atoms with E-state index in [0.29, 0.717) is 27.2 Å². The number of fused-ring (bicyclic) bond motifs is 2. The predicted molar refractivity (Wildman–Crippen MR) is 135 cm³/mol. The fourth-order valence-corrected chi connectivity index (χ4v) is 4.86. The van der Waals surface area contributed by atoms with Crippen molar-refractivity contribution in [2.24, 2.45) is 0 Å². The molecule has 5 rings (SSSR count). The molecule has 1 aliphatic rings. The summed E-state index contributed by atoms with van der Waals surface area (Å²) in [6, 6.07) is 19.7. The topological polar surface area (TPSA) is 50.5 Å². The van der Waals surface area contributed by atoms with E-state index in [1.165, 1.54) is 5.56 Å². The third-order valence-corrected chi connectivity index (χ3v) is 6.74. The maximum atomic E-state index is 13.7. The predicted octanol–water partition coefficient (Wildman–Crippen LogP) is 7.26. The Morgan fingerprint density at radius 3 is 2.36 bits per heavy atom. The first-order valence-corrected chi connectivity index (χ1v) is 11.8. The molecule has 1 amide bonds. The van der Waals surface area contributed by atoms with Gasteiger partial charge in [-0.05, 0) is 52.9 Å². The summed E-state index contributed by atoms with van der Waals surface area (Å²) in [6.45, 7) is 6.44. The number of rotatable bonds is 2. The molecule has 1 aliphatic heterocycles. The first-order valence-electron chi connectivity index (χ1n) is 10.6. The summed E-state index contributed by atoms with van der Waals surface area (Å²) in [7, 11) is 0. The standard InChI is InChI=1S/C27H21BrClNO3/c1-27(2,3)16-9-7-15(8-10-16)23-22-24(31)20-13-17(28)11-12-21(20)33-25(22)26(32)30(23)19-6-4-5-18(29)14-19/h4-14,23H,1-3H3. The number of nitrogens with zero attached hydrogens (tertiary/aromatic N) is 1. The van der Waals surface area contributed by atoms with Crippen molar-refractivity contribution in [1.29, 1.82) is 0 Å². The Bertz CT molecular complexity index is 1470. The first-order chi connectivity index (χ1) is 15.6. The molecule has 166 valence electrons. The number of carbonyl (C=O) groups excluding carboxylic acids is 1. The van der Waals surface area contributed by atoms with E-state index in [1.807, 2.05) is 30.3 Å². The number of anilines is 1. The van der Waals surface area contributed by atoms with Gasteiger partial charge in [0.1, 0.15) is 5.58 Å². The zero-order valence-electron chi connectivity index (χ0n) is 18.4. The molecule has 0 spiro atoms. The summed E-state index contributed by atoms with van der Waals surface area (Å²) < 4.78 is 6.79. The molecule has 0 radical (unpaired) electrons. The molecule has 1 unspecified atom stereocenters. The summed E-state index contributed by atoms with van der Waals surface area (Å²) in [5.74, 6) is -0.293. The van der Waals surface area contributed by atoms with Crippen LogP contribution >= 0.6 is 27.5 Å². The van der Waals surface area contributed by atoms with Crippen LogP contribution in [0.25, 0.3) is 11.0 Å². The Balaban J connectivity index is 1.78. The SMILES string of the molecule is CC(C)(C)c1ccc(C2c3c(oc4ccc(Br)cc4c3=O)C(=O)N2c2cccc(Cl)c2)cc1. The van der Waals surface area contributed by atoms with Gasteiger partial charge in [0, 0.05) is 15.2 Å². The lowest BCUT2D eigenvalue weighted by molar-refractivity contribution is 0.0971. The highest BCUT2D eigenvalue weighted by atomic mass is 79.9. The number of hydrogen-bond acceptors (Lipinski definition) is 3. The minimum absolute atomic E-state index is 0.0178. The van der Waals surface area contributed by atoms with Gasteiger partial charge in [-0.2, -0.15) is 0 Å². The minimum atomic E-state index is -0.625. The molecule has 4 nitrogen and oxygen atoms in total. The summed E-state index contributed by atoms with van der Waals surface area (Å²) in [6.07, 6.45) is 0. The molecule has 0 fully saturated rings. The lowest BCUT2D eigenvalue weighted by Gasteiger charge is -2.26. The fourth-order valence-electron chi connectivity index (χ4n) is 4.32. The molecule has 0 saturated carbocycles. The number of hydrogen-bond donors (Lipinski definition) is 0. The Hall–Kier alpha value is -2.89. The number of carbonyl (C=O) groups is 1. The van der Waals surface area contributed by atoms with E-state index in [4.69, 9.17) is 16.0 Å². The fraction of sp³-hybridized carbons (Fsp3) is 0.185. The lowest BCUT2D eigenvalue weighted by atomic mass is 9.86. The molecular formula is C27H21BrClNO3. The van der Waals surface area contributed by atoms with Crippen molar-refractivity contribution >= 4 is 50.1 Å². The van der Waals surface area contributed by atoms with Gasteiger partial charge in [0.2, 0.25) is 5.76 Å². The molecule has 6 heteroatoms. The van der Waals surface area contributed by atoms with Gasteiger partial charge in [-0.15, -0.1) is 0 Å². The van der Waals surface area contributed by atoms with Gasteiger partial charge in [0.05, 0.1) is 17.0 Å². The van der Waals surface area contributed by atoms with Crippen LogP contribution in [0.3, 0.4) is 0 Å². The van der Waals surface area contributed by atoms with E-state index >= 15 is 0 Å². The van der Waals surface area contributed by atoms with E-state index < -0.39 is 6.04 Å².